The maximum Gasteiger partial charge on any atom is 0.269 e. The molecule has 0 unspecified atom stereocenters. The van der Waals surface area contributed by atoms with E-state index in [1.54, 1.807) is 41.5 Å². The molecule has 3 N–H and O–H groups in total. The second-order valence-corrected chi connectivity index (χ2v) is 7.13. The van der Waals surface area contributed by atoms with Crippen molar-refractivity contribution in [1.29, 1.82) is 5.26 Å². The van der Waals surface area contributed by atoms with Gasteiger partial charge in [0.1, 0.15) is 23.2 Å². The summed E-state index contributed by atoms with van der Waals surface area (Å²) >= 11 is 6.10. The Hall–Kier alpha value is -3.90. The molecule has 0 aliphatic rings. The first-order valence-corrected chi connectivity index (χ1v) is 9.50. The van der Waals surface area contributed by atoms with Crippen LogP contribution in [0, 0.1) is 11.3 Å². The number of nitrogens with zero attached hydrogens (tertiary/aromatic N) is 5. The molecule has 1 atom stereocenters. The third kappa shape index (κ3) is 4.09. The lowest BCUT2D eigenvalue weighted by molar-refractivity contribution is 0.0931. The zero-order valence-electron chi connectivity index (χ0n) is 15.9. The summed E-state index contributed by atoms with van der Waals surface area (Å²) in [5.41, 5.74) is 3.57. The molecule has 150 valence electrons. The summed E-state index contributed by atoms with van der Waals surface area (Å²) in [7, 11) is 0. The van der Waals surface area contributed by atoms with Crippen LogP contribution in [0.3, 0.4) is 0 Å². The van der Waals surface area contributed by atoms with E-state index >= 15 is 0 Å². The molecular formula is C20H17ClN8O. The Morgan fingerprint density at radius 2 is 2.17 bits per heavy atom. The van der Waals surface area contributed by atoms with Gasteiger partial charge in [-0.1, -0.05) is 17.7 Å². The van der Waals surface area contributed by atoms with Gasteiger partial charge in [0.2, 0.25) is 0 Å². The SMILES string of the molecule is C[C@@H](Cn1ccc(-c2ccc(C#N)c(Cl)c2)n1)NC(=O)c1cc(-c2c[nH]cn2)n[nH]1. The number of hydrogen-bond acceptors (Lipinski definition) is 5. The molecule has 0 aliphatic heterocycles. The number of nitrogens with one attached hydrogen (secondary N) is 3. The van der Waals surface area contributed by atoms with Gasteiger partial charge in [-0.2, -0.15) is 15.5 Å². The molecule has 0 bridgehead atoms. The number of aromatic nitrogens is 6. The van der Waals surface area contributed by atoms with Gasteiger partial charge in [-0.3, -0.25) is 14.6 Å². The van der Waals surface area contributed by atoms with Crippen molar-refractivity contribution in [3.05, 3.63) is 65.3 Å². The number of nitriles is 1. The van der Waals surface area contributed by atoms with Gasteiger partial charge in [-0.25, -0.2) is 4.98 Å². The highest BCUT2D eigenvalue weighted by Crippen LogP contribution is 2.24. The number of amides is 1. The van der Waals surface area contributed by atoms with E-state index in [9.17, 15) is 4.79 Å². The average molecular weight is 421 g/mol. The van der Waals surface area contributed by atoms with Gasteiger partial charge < -0.3 is 10.3 Å². The van der Waals surface area contributed by atoms with Crippen LogP contribution < -0.4 is 5.32 Å². The van der Waals surface area contributed by atoms with Crippen LogP contribution in [0.1, 0.15) is 23.0 Å². The van der Waals surface area contributed by atoms with E-state index in [-0.39, 0.29) is 11.9 Å². The van der Waals surface area contributed by atoms with Gasteiger partial charge in [0.15, 0.2) is 0 Å². The maximum atomic E-state index is 12.5. The molecule has 3 aromatic heterocycles. The number of carbonyl (C=O) groups is 1. The van der Waals surface area contributed by atoms with Crippen molar-refractivity contribution in [2.45, 2.75) is 19.5 Å². The molecule has 1 aromatic carbocycles. The van der Waals surface area contributed by atoms with Crippen LogP contribution >= 0.6 is 11.6 Å². The number of carbonyl (C=O) groups excluding carboxylic acids is 1. The van der Waals surface area contributed by atoms with Crippen LogP contribution in [0.5, 0.6) is 0 Å². The lowest BCUT2D eigenvalue weighted by atomic mass is 10.1. The summed E-state index contributed by atoms with van der Waals surface area (Å²) < 4.78 is 1.74. The summed E-state index contributed by atoms with van der Waals surface area (Å²) in [5, 5.41) is 23.7. The number of aromatic amines is 2. The van der Waals surface area contributed by atoms with E-state index in [1.807, 2.05) is 25.3 Å². The van der Waals surface area contributed by atoms with E-state index in [0.29, 0.717) is 34.2 Å². The summed E-state index contributed by atoms with van der Waals surface area (Å²) in [6.07, 6.45) is 5.09. The first kappa shape index (κ1) is 19.4. The van der Waals surface area contributed by atoms with E-state index < -0.39 is 0 Å². The molecule has 0 fully saturated rings. The number of imidazole rings is 1. The molecule has 10 heteroatoms. The minimum atomic E-state index is -0.261. The molecule has 4 rings (SSSR count). The van der Waals surface area contributed by atoms with E-state index in [2.05, 4.69) is 30.6 Å². The monoisotopic (exact) mass is 420 g/mol. The maximum absolute atomic E-state index is 12.5. The molecule has 0 radical (unpaired) electrons. The molecule has 30 heavy (non-hydrogen) atoms. The molecule has 9 nitrogen and oxygen atoms in total. The van der Waals surface area contributed by atoms with Crippen LogP contribution in [-0.4, -0.2) is 41.9 Å². The van der Waals surface area contributed by atoms with E-state index in [1.165, 1.54) is 0 Å². The molecule has 4 aromatic rings. The van der Waals surface area contributed by atoms with Gasteiger partial charge in [0, 0.05) is 24.0 Å². The topological polar surface area (TPSA) is 128 Å². The highest BCUT2D eigenvalue weighted by Gasteiger charge is 2.15. The number of halogens is 1. The Morgan fingerprint density at radius 1 is 1.30 bits per heavy atom. The Labute approximate surface area is 176 Å². The molecule has 0 saturated carbocycles. The Kier molecular flexibility index (Phi) is 5.32. The van der Waals surface area contributed by atoms with Crippen molar-refractivity contribution in [3.63, 3.8) is 0 Å². The van der Waals surface area contributed by atoms with Crippen molar-refractivity contribution >= 4 is 17.5 Å². The van der Waals surface area contributed by atoms with Crippen LogP contribution in [0.15, 0.2) is 49.1 Å². The highest BCUT2D eigenvalue weighted by atomic mass is 35.5. The minimum Gasteiger partial charge on any atom is -0.351 e. The third-order valence-electron chi connectivity index (χ3n) is 4.45. The molecule has 0 aliphatic carbocycles. The fourth-order valence-electron chi connectivity index (χ4n) is 2.98. The van der Waals surface area contributed by atoms with E-state index in [0.717, 1.165) is 11.3 Å². The predicted octanol–water partition coefficient (Wildman–Crippen LogP) is 3.01. The van der Waals surface area contributed by atoms with Crippen LogP contribution in [-0.2, 0) is 6.54 Å². The van der Waals surface area contributed by atoms with Crippen LogP contribution in [0.2, 0.25) is 5.02 Å². The van der Waals surface area contributed by atoms with Crippen molar-refractivity contribution in [2.24, 2.45) is 0 Å². The normalized spacial score (nSPS) is 11.8. The van der Waals surface area contributed by atoms with Crippen LogP contribution in [0.25, 0.3) is 22.6 Å². The lowest BCUT2D eigenvalue weighted by Gasteiger charge is -2.13. The Balaban J connectivity index is 1.39. The predicted molar refractivity (Wildman–Crippen MR) is 110 cm³/mol. The molecule has 3 heterocycles. The molecule has 0 saturated heterocycles. The number of H-pyrrole nitrogens is 2. The smallest absolute Gasteiger partial charge is 0.269 e. The summed E-state index contributed by atoms with van der Waals surface area (Å²) in [6.45, 7) is 2.37. The second kappa shape index (κ2) is 8.23. The lowest BCUT2D eigenvalue weighted by Crippen LogP contribution is -2.36. The van der Waals surface area contributed by atoms with Crippen molar-refractivity contribution in [1.82, 2.24) is 35.3 Å². The molecule has 1 amide bonds. The first-order chi connectivity index (χ1) is 14.5. The van der Waals surface area contributed by atoms with Crippen molar-refractivity contribution < 1.29 is 4.79 Å². The highest BCUT2D eigenvalue weighted by molar-refractivity contribution is 6.32. The number of hydrogen-bond donors (Lipinski definition) is 3. The quantitative estimate of drug-likeness (QED) is 0.441. The largest absolute Gasteiger partial charge is 0.351 e. The fourth-order valence-corrected chi connectivity index (χ4v) is 3.20. The van der Waals surface area contributed by atoms with Crippen molar-refractivity contribution in [2.75, 3.05) is 0 Å². The van der Waals surface area contributed by atoms with Gasteiger partial charge in [0.05, 0.1) is 29.2 Å². The summed E-state index contributed by atoms with van der Waals surface area (Å²) in [5.74, 6) is -0.261. The van der Waals surface area contributed by atoms with Crippen molar-refractivity contribution in [3.8, 4) is 28.7 Å². The Bertz CT molecular complexity index is 1220. The average Bonchev–Trinajstić information content (AvgIpc) is 3.48. The zero-order chi connectivity index (χ0) is 21.1. The van der Waals surface area contributed by atoms with Gasteiger partial charge in [-0.05, 0) is 31.2 Å². The standard InChI is InChI=1S/C20H17ClN8O/c1-12(25-20(30)18-7-17(26-27-18)19-9-23-11-24-19)10-29-5-4-16(28-29)13-2-3-14(8-22)15(21)6-13/h2-7,9,11-12H,10H2,1H3,(H,23,24)(H,25,30)(H,26,27)/t12-/m0/s1. The van der Waals surface area contributed by atoms with Gasteiger partial charge in [0.25, 0.3) is 5.91 Å². The number of rotatable bonds is 6. The van der Waals surface area contributed by atoms with Crippen LogP contribution in [0.4, 0.5) is 0 Å². The summed E-state index contributed by atoms with van der Waals surface area (Å²) in [6, 6.07) is 10.6. The zero-order valence-corrected chi connectivity index (χ0v) is 16.7. The molecule has 0 spiro atoms. The second-order valence-electron chi connectivity index (χ2n) is 6.73. The summed E-state index contributed by atoms with van der Waals surface area (Å²) in [4.78, 5) is 19.4. The first-order valence-electron chi connectivity index (χ1n) is 9.12. The van der Waals surface area contributed by atoms with E-state index in [4.69, 9.17) is 16.9 Å². The fraction of sp³-hybridized carbons (Fsp3) is 0.150. The van der Waals surface area contributed by atoms with Gasteiger partial charge >= 0.3 is 0 Å². The third-order valence-corrected chi connectivity index (χ3v) is 4.76. The minimum absolute atomic E-state index is 0.174. The van der Waals surface area contributed by atoms with Gasteiger partial charge in [-0.15, -0.1) is 0 Å². The molecular weight excluding hydrogens is 404 g/mol. The number of benzene rings is 1. The Morgan fingerprint density at radius 3 is 2.90 bits per heavy atom.